The predicted molar refractivity (Wildman–Crippen MR) is 128 cm³/mol. The van der Waals surface area contributed by atoms with Crippen LogP contribution in [0.25, 0.3) is 10.2 Å². The first kappa shape index (κ1) is 22.4. The predicted octanol–water partition coefficient (Wildman–Crippen LogP) is 4.91. The lowest BCUT2D eigenvalue weighted by molar-refractivity contribution is -0.116. The van der Waals surface area contributed by atoms with E-state index in [0.717, 1.165) is 16.6 Å². The lowest BCUT2D eigenvalue weighted by atomic mass is 10.2. The van der Waals surface area contributed by atoms with Gasteiger partial charge in [-0.15, -0.1) is 0 Å². The number of rotatable bonds is 7. The van der Waals surface area contributed by atoms with Crippen LogP contribution < -0.4 is 4.90 Å². The SMILES string of the molecule is CCc1ccc2nc(N(Cc3ccccn3)C(=O)CS(=O)(=O)c3ccc(Cl)cc3)sc2c1. The summed E-state index contributed by atoms with van der Waals surface area (Å²) in [6, 6.07) is 17.1. The number of carbonyl (C=O) groups excluding carboxylic acids is 1. The Hall–Kier alpha value is -2.81. The van der Waals surface area contributed by atoms with E-state index in [1.54, 1.807) is 18.3 Å². The normalized spacial score (nSPS) is 11.6. The molecule has 2 aromatic heterocycles. The molecule has 0 radical (unpaired) electrons. The molecular formula is C23H20ClN3O3S2. The van der Waals surface area contributed by atoms with Gasteiger partial charge in [-0.2, -0.15) is 0 Å². The number of carbonyl (C=O) groups is 1. The quantitative estimate of drug-likeness (QED) is 0.371. The van der Waals surface area contributed by atoms with E-state index in [1.807, 2.05) is 24.3 Å². The van der Waals surface area contributed by atoms with Gasteiger partial charge in [0.1, 0.15) is 5.75 Å². The van der Waals surface area contributed by atoms with Crippen LogP contribution in [0.2, 0.25) is 5.02 Å². The molecule has 32 heavy (non-hydrogen) atoms. The van der Waals surface area contributed by atoms with E-state index in [-0.39, 0.29) is 11.4 Å². The van der Waals surface area contributed by atoms with Crippen molar-refractivity contribution in [2.24, 2.45) is 0 Å². The van der Waals surface area contributed by atoms with E-state index in [1.165, 1.54) is 46.1 Å². The lowest BCUT2D eigenvalue weighted by Gasteiger charge is -2.19. The van der Waals surface area contributed by atoms with E-state index in [4.69, 9.17) is 11.6 Å². The van der Waals surface area contributed by atoms with Crippen molar-refractivity contribution < 1.29 is 13.2 Å². The zero-order chi connectivity index (χ0) is 22.7. The van der Waals surface area contributed by atoms with Crippen molar-refractivity contribution in [1.82, 2.24) is 9.97 Å². The van der Waals surface area contributed by atoms with Crippen LogP contribution in [0.5, 0.6) is 0 Å². The minimum atomic E-state index is -3.86. The zero-order valence-corrected chi connectivity index (χ0v) is 19.6. The summed E-state index contributed by atoms with van der Waals surface area (Å²) in [6.07, 6.45) is 2.52. The van der Waals surface area contributed by atoms with Crippen LogP contribution in [0.1, 0.15) is 18.2 Å². The summed E-state index contributed by atoms with van der Waals surface area (Å²) in [5.41, 5.74) is 2.57. The molecule has 2 heterocycles. The fourth-order valence-corrected chi connectivity index (χ4v) is 5.54. The van der Waals surface area contributed by atoms with Gasteiger partial charge < -0.3 is 0 Å². The van der Waals surface area contributed by atoms with Crippen molar-refractivity contribution in [3.05, 3.63) is 83.1 Å². The average molecular weight is 486 g/mol. The monoisotopic (exact) mass is 485 g/mol. The smallest absolute Gasteiger partial charge is 0.244 e. The van der Waals surface area contributed by atoms with Crippen LogP contribution in [-0.4, -0.2) is 30.0 Å². The summed E-state index contributed by atoms with van der Waals surface area (Å²) in [7, 11) is -3.86. The van der Waals surface area contributed by atoms with E-state index in [9.17, 15) is 13.2 Å². The molecule has 4 rings (SSSR count). The van der Waals surface area contributed by atoms with Crippen molar-refractivity contribution in [2.75, 3.05) is 10.7 Å². The molecule has 164 valence electrons. The third-order valence-corrected chi connectivity index (χ3v) is 7.82. The molecule has 4 aromatic rings. The molecule has 0 bridgehead atoms. The van der Waals surface area contributed by atoms with Gasteiger partial charge in [0.25, 0.3) is 0 Å². The van der Waals surface area contributed by atoms with Gasteiger partial charge in [-0.25, -0.2) is 13.4 Å². The third-order valence-electron chi connectivity index (χ3n) is 4.91. The highest BCUT2D eigenvalue weighted by atomic mass is 35.5. The minimum Gasteiger partial charge on any atom is -0.281 e. The van der Waals surface area contributed by atoms with Crippen LogP contribution in [0, 0.1) is 0 Å². The Morgan fingerprint density at radius 3 is 2.56 bits per heavy atom. The largest absolute Gasteiger partial charge is 0.281 e. The number of pyridine rings is 1. The Kier molecular flexibility index (Phi) is 6.55. The topological polar surface area (TPSA) is 80.2 Å². The first-order valence-corrected chi connectivity index (χ1v) is 12.8. The first-order chi connectivity index (χ1) is 15.4. The van der Waals surface area contributed by atoms with Crippen molar-refractivity contribution in [1.29, 1.82) is 0 Å². The highest BCUT2D eigenvalue weighted by molar-refractivity contribution is 7.92. The molecule has 9 heteroatoms. The van der Waals surface area contributed by atoms with Crippen LogP contribution in [0.15, 0.2) is 71.8 Å². The van der Waals surface area contributed by atoms with E-state index in [2.05, 4.69) is 16.9 Å². The Bertz CT molecular complexity index is 1350. The number of halogens is 1. The van der Waals surface area contributed by atoms with Crippen molar-refractivity contribution in [3.8, 4) is 0 Å². The average Bonchev–Trinajstić information content (AvgIpc) is 3.21. The summed E-state index contributed by atoms with van der Waals surface area (Å²) in [5, 5.41) is 0.864. The molecule has 0 N–H and O–H groups in total. The van der Waals surface area contributed by atoms with Crippen LogP contribution in [-0.2, 0) is 27.6 Å². The highest BCUT2D eigenvalue weighted by Crippen LogP contribution is 2.31. The van der Waals surface area contributed by atoms with Gasteiger partial charge in [-0.1, -0.05) is 42.0 Å². The van der Waals surface area contributed by atoms with Gasteiger partial charge >= 0.3 is 0 Å². The summed E-state index contributed by atoms with van der Waals surface area (Å²) < 4.78 is 26.7. The number of thiazole rings is 1. The molecule has 0 aliphatic carbocycles. The van der Waals surface area contributed by atoms with Gasteiger partial charge in [0, 0.05) is 11.2 Å². The lowest BCUT2D eigenvalue weighted by Crippen LogP contribution is -2.35. The third kappa shape index (κ3) is 4.98. The number of anilines is 1. The molecule has 0 aliphatic rings. The number of fused-ring (bicyclic) bond motifs is 1. The summed E-state index contributed by atoms with van der Waals surface area (Å²) in [4.78, 5) is 23.6. The first-order valence-electron chi connectivity index (χ1n) is 9.94. The second-order valence-corrected chi connectivity index (χ2v) is 10.6. The van der Waals surface area contributed by atoms with Gasteiger partial charge in [-0.05, 0) is 60.5 Å². The Balaban J connectivity index is 1.69. The maximum absolute atomic E-state index is 13.3. The maximum atomic E-state index is 13.3. The van der Waals surface area contributed by atoms with Gasteiger partial charge in [0.15, 0.2) is 15.0 Å². The molecule has 6 nitrogen and oxygen atoms in total. The minimum absolute atomic E-state index is 0.0462. The molecule has 0 spiro atoms. The molecule has 0 fully saturated rings. The summed E-state index contributed by atoms with van der Waals surface area (Å²) >= 11 is 7.22. The Labute approximate surface area is 195 Å². The molecule has 0 unspecified atom stereocenters. The van der Waals surface area contributed by atoms with E-state index < -0.39 is 21.5 Å². The number of aromatic nitrogens is 2. The summed E-state index contributed by atoms with van der Waals surface area (Å²) in [5.74, 6) is -1.25. The van der Waals surface area contributed by atoms with E-state index >= 15 is 0 Å². The fourth-order valence-electron chi connectivity index (χ4n) is 3.17. The number of benzene rings is 2. The number of hydrogen-bond donors (Lipinski definition) is 0. The molecule has 1 amide bonds. The standard InChI is InChI=1S/C23H20ClN3O3S2/c1-2-16-6-11-20-21(13-16)31-23(26-20)27(14-18-5-3-4-12-25-18)22(28)15-32(29,30)19-9-7-17(24)8-10-19/h3-13H,2,14-15H2,1H3. The maximum Gasteiger partial charge on any atom is 0.244 e. The number of amides is 1. The van der Waals surface area contributed by atoms with Gasteiger partial charge in [-0.3, -0.25) is 14.7 Å². The Morgan fingerprint density at radius 1 is 1.09 bits per heavy atom. The molecule has 0 aliphatic heterocycles. The van der Waals surface area contributed by atoms with E-state index in [0.29, 0.717) is 15.8 Å². The van der Waals surface area contributed by atoms with Crippen LogP contribution in [0.3, 0.4) is 0 Å². The molecular weight excluding hydrogens is 466 g/mol. The molecule has 0 atom stereocenters. The Morgan fingerprint density at radius 2 is 1.88 bits per heavy atom. The second kappa shape index (κ2) is 9.36. The summed E-state index contributed by atoms with van der Waals surface area (Å²) in [6.45, 7) is 2.19. The number of sulfone groups is 1. The van der Waals surface area contributed by atoms with Gasteiger partial charge in [0.05, 0.1) is 27.4 Å². The van der Waals surface area contributed by atoms with Crippen LogP contribution >= 0.6 is 22.9 Å². The zero-order valence-electron chi connectivity index (χ0n) is 17.2. The second-order valence-electron chi connectivity index (χ2n) is 7.17. The number of hydrogen-bond acceptors (Lipinski definition) is 6. The molecule has 0 saturated heterocycles. The molecule has 0 saturated carbocycles. The van der Waals surface area contributed by atoms with Crippen molar-refractivity contribution >= 4 is 54.0 Å². The van der Waals surface area contributed by atoms with Crippen molar-refractivity contribution in [3.63, 3.8) is 0 Å². The van der Waals surface area contributed by atoms with Crippen LogP contribution in [0.4, 0.5) is 5.13 Å². The number of nitrogens with zero attached hydrogens (tertiary/aromatic N) is 3. The highest BCUT2D eigenvalue weighted by Gasteiger charge is 2.27. The number of aryl methyl sites for hydroxylation is 1. The van der Waals surface area contributed by atoms with Gasteiger partial charge in [0.2, 0.25) is 5.91 Å². The molecule has 2 aromatic carbocycles. The van der Waals surface area contributed by atoms with Crippen molar-refractivity contribution in [2.45, 2.75) is 24.8 Å². The fraction of sp³-hybridized carbons (Fsp3) is 0.174.